The molecule has 39 heavy (non-hydrogen) atoms. The summed E-state index contributed by atoms with van der Waals surface area (Å²) in [5.41, 5.74) is 1.47. The van der Waals surface area contributed by atoms with Crippen LogP contribution in [0.1, 0.15) is 28.8 Å². The highest BCUT2D eigenvalue weighted by molar-refractivity contribution is 5.95. The van der Waals surface area contributed by atoms with Crippen LogP contribution in [-0.4, -0.2) is 74.6 Å². The summed E-state index contributed by atoms with van der Waals surface area (Å²) in [5, 5.41) is 28.4. The molecule has 3 rings (SSSR count). The van der Waals surface area contributed by atoms with E-state index in [-0.39, 0.29) is 31.3 Å². The fourth-order valence-corrected chi connectivity index (χ4v) is 3.32. The van der Waals surface area contributed by atoms with E-state index in [2.05, 4.69) is 31.4 Å². The van der Waals surface area contributed by atoms with Gasteiger partial charge in [-0.3, -0.25) is 19.2 Å². The van der Waals surface area contributed by atoms with Crippen LogP contribution in [0, 0.1) is 0 Å². The Balaban J connectivity index is 1.60. The number of carboxylic acids is 1. The number of hydrogen-bond donors (Lipinski definition) is 4. The van der Waals surface area contributed by atoms with E-state index in [9.17, 15) is 29.1 Å². The highest BCUT2D eigenvalue weighted by Gasteiger charge is 2.25. The van der Waals surface area contributed by atoms with Crippen LogP contribution in [0.2, 0.25) is 0 Å². The Labute approximate surface area is 222 Å². The number of aromatic nitrogens is 4. The summed E-state index contributed by atoms with van der Waals surface area (Å²) in [6.07, 6.45) is -1.48. The standard InChI is InChI=1S/C25H27N7O7/c1-26-21(34)10-11-27-24(37)18-9-5-8-17(12-18)23-29-31-32(30-23)14-20(33)19(13-22(35)36)28-25(38)39-15-16-6-3-2-4-7-16/h2-9,12,19H,10-11,13-15H2,1H3,(H,26,34)(H,27,37)(H,28,38)(H,35,36). The fourth-order valence-electron chi connectivity index (χ4n) is 3.32. The van der Waals surface area contributed by atoms with Crippen LogP contribution in [0.25, 0.3) is 11.4 Å². The molecule has 3 amide bonds. The number of Topliss-reactive ketones (excluding diaryl/α,β-unsaturated/α-hetero) is 1. The van der Waals surface area contributed by atoms with Crippen LogP contribution in [-0.2, 0) is 32.3 Å². The van der Waals surface area contributed by atoms with Crippen molar-refractivity contribution in [2.24, 2.45) is 0 Å². The average Bonchev–Trinajstić information content (AvgIpc) is 3.40. The van der Waals surface area contributed by atoms with Crippen molar-refractivity contribution in [3.05, 3.63) is 65.7 Å². The van der Waals surface area contributed by atoms with Gasteiger partial charge in [0.15, 0.2) is 5.78 Å². The largest absolute Gasteiger partial charge is 0.481 e. The molecule has 4 N–H and O–H groups in total. The van der Waals surface area contributed by atoms with E-state index in [4.69, 9.17) is 4.74 Å². The van der Waals surface area contributed by atoms with Crippen molar-refractivity contribution >= 4 is 29.7 Å². The summed E-state index contributed by atoms with van der Waals surface area (Å²) in [6, 6.07) is 13.8. The summed E-state index contributed by atoms with van der Waals surface area (Å²) in [4.78, 5) is 60.9. The maximum Gasteiger partial charge on any atom is 0.408 e. The molecule has 0 saturated heterocycles. The summed E-state index contributed by atoms with van der Waals surface area (Å²) in [7, 11) is 1.51. The molecule has 0 bridgehead atoms. The van der Waals surface area contributed by atoms with Crippen LogP contribution in [0.5, 0.6) is 0 Å². The molecule has 0 radical (unpaired) electrons. The number of carbonyl (C=O) groups excluding carboxylic acids is 4. The van der Waals surface area contributed by atoms with Crippen LogP contribution < -0.4 is 16.0 Å². The smallest absolute Gasteiger partial charge is 0.408 e. The Bertz CT molecular complexity index is 1330. The Morgan fingerprint density at radius 3 is 2.54 bits per heavy atom. The van der Waals surface area contributed by atoms with Crippen molar-refractivity contribution in [1.29, 1.82) is 0 Å². The minimum atomic E-state index is -1.39. The molecule has 0 fully saturated rings. The zero-order valence-corrected chi connectivity index (χ0v) is 21.0. The number of alkyl carbamates (subject to hydrolysis) is 1. The Hall–Kier alpha value is -5.14. The fraction of sp³-hybridized carbons (Fsp3) is 0.280. The molecule has 3 aromatic rings. The molecular weight excluding hydrogens is 510 g/mol. The van der Waals surface area contributed by atoms with Crippen molar-refractivity contribution < 1.29 is 33.8 Å². The topological polar surface area (TPSA) is 194 Å². The highest BCUT2D eigenvalue weighted by atomic mass is 16.5. The number of carboxylic acid groups (broad SMARTS) is 1. The van der Waals surface area contributed by atoms with Gasteiger partial charge < -0.3 is 25.8 Å². The van der Waals surface area contributed by atoms with Crippen LogP contribution in [0.3, 0.4) is 0 Å². The molecule has 14 heteroatoms. The number of tetrazole rings is 1. The van der Waals surface area contributed by atoms with E-state index < -0.39 is 42.8 Å². The van der Waals surface area contributed by atoms with Crippen LogP contribution in [0.4, 0.5) is 4.79 Å². The SMILES string of the molecule is CNC(=O)CCNC(=O)c1cccc(-c2nnn(CC(=O)C(CC(=O)O)NC(=O)OCc3ccccc3)n2)c1. The van der Waals surface area contributed by atoms with Gasteiger partial charge in [-0.1, -0.05) is 42.5 Å². The number of carbonyl (C=O) groups is 5. The second-order valence-corrected chi connectivity index (χ2v) is 8.23. The highest BCUT2D eigenvalue weighted by Crippen LogP contribution is 2.15. The minimum absolute atomic E-state index is 0.0557. The van der Waals surface area contributed by atoms with E-state index in [1.165, 1.54) is 13.1 Å². The van der Waals surface area contributed by atoms with Gasteiger partial charge in [-0.15, -0.1) is 10.2 Å². The number of ketones is 1. The van der Waals surface area contributed by atoms with Gasteiger partial charge in [-0.25, -0.2) is 4.79 Å². The number of benzene rings is 2. The number of amides is 3. The molecule has 2 aromatic carbocycles. The normalized spacial score (nSPS) is 11.2. The van der Waals surface area contributed by atoms with Crippen molar-refractivity contribution in [1.82, 2.24) is 36.2 Å². The molecule has 1 heterocycles. The number of aliphatic carboxylic acids is 1. The summed E-state index contributed by atoms with van der Waals surface area (Å²) >= 11 is 0. The number of nitrogens with one attached hydrogen (secondary N) is 3. The van der Waals surface area contributed by atoms with E-state index >= 15 is 0 Å². The van der Waals surface area contributed by atoms with Gasteiger partial charge in [-0.2, -0.15) is 4.80 Å². The van der Waals surface area contributed by atoms with Crippen molar-refractivity contribution in [3.8, 4) is 11.4 Å². The van der Waals surface area contributed by atoms with Gasteiger partial charge in [0.25, 0.3) is 5.91 Å². The van der Waals surface area contributed by atoms with Gasteiger partial charge in [-0.05, 0) is 22.9 Å². The van der Waals surface area contributed by atoms with E-state index in [0.717, 1.165) is 10.4 Å². The lowest BCUT2D eigenvalue weighted by Gasteiger charge is -2.15. The van der Waals surface area contributed by atoms with E-state index in [0.29, 0.717) is 11.1 Å². The lowest BCUT2D eigenvalue weighted by molar-refractivity contribution is -0.139. The molecule has 0 saturated carbocycles. The second kappa shape index (κ2) is 14.0. The van der Waals surface area contributed by atoms with Gasteiger partial charge in [0.05, 0.1) is 6.42 Å². The Morgan fingerprint density at radius 2 is 1.82 bits per heavy atom. The summed E-state index contributed by atoms with van der Waals surface area (Å²) in [6.45, 7) is -0.367. The van der Waals surface area contributed by atoms with Crippen LogP contribution in [0.15, 0.2) is 54.6 Å². The third-order valence-corrected chi connectivity index (χ3v) is 5.32. The molecule has 1 unspecified atom stereocenters. The predicted octanol–water partition coefficient (Wildman–Crippen LogP) is 0.545. The maximum absolute atomic E-state index is 12.8. The van der Waals surface area contributed by atoms with Gasteiger partial charge in [0, 0.05) is 31.1 Å². The minimum Gasteiger partial charge on any atom is -0.481 e. The summed E-state index contributed by atoms with van der Waals surface area (Å²) < 4.78 is 5.08. The number of rotatable bonds is 13. The first kappa shape index (κ1) is 28.4. The number of ether oxygens (including phenoxy) is 1. The third kappa shape index (κ3) is 9.03. The third-order valence-electron chi connectivity index (χ3n) is 5.32. The van der Waals surface area contributed by atoms with E-state index in [1.807, 2.05) is 0 Å². The molecule has 1 aromatic heterocycles. The van der Waals surface area contributed by atoms with Gasteiger partial charge in [0.1, 0.15) is 19.2 Å². The maximum atomic E-state index is 12.8. The lowest BCUT2D eigenvalue weighted by Crippen LogP contribution is -2.44. The van der Waals surface area contributed by atoms with Gasteiger partial charge >= 0.3 is 12.1 Å². The molecule has 204 valence electrons. The molecule has 0 aliphatic heterocycles. The van der Waals surface area contributed by atoms with Crippen molar-refractivity contribution in [2.75, 3.05) is 13.6 Å². The molecular formula is C25H27N7O7. The van der Waals surface area contributed by atoms with E-state index in [1.54, 1.807) is 48.5 Å². The first-order chi connectivity index (χ1) is 18.7. The number of hydrogen-bond acceptors (Lipinski definition) is 9. The molecule has 0 aliphatic rings. The van der Waals surface area contributed by atoms with Crippen molar-refractivity contribution in [3.63, 3.8) is 0 Å². The number of nitrogens with zero attached hydrogens (tertiary/aromatic N) is 4. The molecule has 1 atom stereocenters. The van der Waals surface area contributed by atoms with Crippen LogP contribution >= 0.6 is 0 Å². The average molecular weight is 538 g/mol. The Morgan fingerprint density at radius 1 is 1.05 bits per heavy atom. The first-order valence-electron chi connectivity index (χ1n) is 11.8. The molecule has 0 aliphatic carbocycles. The zero-order valence-electron chi connectivity index (χ0n) is 21.0. The molecule has 0 spiro atoms. The lowest BCUT2D eigenvalue weighted by atomic mass is 10.1. The molecule has 14 nitrogen and oxygen atoms in total. The quantitative estimate of drug-likeness (QED) is 0.239. The van der Waals surface area contributed by atoms with Crippen molar-refractivity contribution in [2.45, 2.75) is 32.0 Å². The Kier molecular flexibility index (Phi) is 10.2. The monoisotopic (exact) mass is 537 g/mol. The summed E-state index contributed by atoms with van der Waals surface area (Å²) in [5.74, 6) is -2.46. The first-order valence-corrected chi connectivity index (χ1v) is 11.8. The zero-order chi connectivity index (χ0) is 28.2. The van der Waals surface area contributed by atoms with Gasteiger partial charge in [0.2, 0.25) is 11.7 Å². The second-order valence-electron chi connectivity index (χ2n) is 8.23. The predicted molar refractivity (Wildman–Crippen MR) is 135 cm³/mol.